The molecule has 4 rings (SSSR count). The lowest BCUT2D eigenvalue weighted by Gasteiger charge is -2.33. The topological polar surface area (TPSA) is 77.6 Å². The number of amides is 2. The third-order valence-corrected chi connectivity index (χ3v) is 6.79. The van der Waals surface area contributed by atoms with Gasteiger partial charge in [-0.05, 0) is 49.2 Å². The van der Waals surface area contributed by atoms with E-state index in [9.17, 15) is 18.4 Å². The molecule has 0 saturated carbocycles. The minimum Gasteiger partial charge on any atom is -0.325 e. The van der Waals surface area contributed by atoms with Crippen molar-refractivity contribution in [3.05, 3.63) is 64.5 Å². The predicted molar refractivity (Wildman–Crippen MR) is 134 cm³/mol. The van der Waals surface area contributed by atoms with E-state index in [1.54, 1.807) is 5.38 Å². The maximum absolute atomic E-state index is 14.0. The van der Waals surface area contributed by atoms with Crippen molar-refractivity contribution < 1.29 is 18.4 Å². The first-order valence-electron chi connectivity index (χ1n) is 11.3. The highest BCUT2D eigenvalue weighted by Crippen LogP contribution is 2.27. The minimum atomic E-state index is -0.574. The number of rotatable bonds is 7. The Kier molecular flexibility index (Phi) is 7.84. The molecule has 0 spiro atoms. The molecule has 2 amide bonds. The van der Waals surface area contributed by atoms with Gasteiger partial charge in [0.15, 0.2) is 5.13 Å². The van der Waals surface area contributed by atoms with E-state index in [0.717, 1.165) is 46.4 Å². The zero-order valence-electron chi connectivity index (χ0n) is 19.6. The number of hydrogen-bond donors (Lipinski definition) is 2. The summed E-state index contributed by atoms with van der Waals surface area (Å²) >= 11 is 1.16. The first-order chi connectivity index (χ1) is 16.8. The van der Waals surface area contributed by atoms with Crippen LogP contribution in [0.4, 0.5) is 19.6 Å². The number of benzene rings is 2. The molecule has 3 aromatic rings. The molecule has 0 unspecified atom stereocenters. The van der Waals surface area contributed by atoms with Crippen molar-refractivity contribution in [3.8, 4) is 11.3 Å². The molecule has 1 aliphatic rings. The lowest BCUT2D eigenvalue weighted by Crippen LogP contribution is -2.50. The van der Waals surface area contributed by atoms with Gasteiger partial charge in [0.25, 0.3) is 0 Å². The largest absolute Gasteiger partial charge is 0.325 e. The van der Waals surface area contributed by atoms with E-state index in [1.165, 1.54) is 0 Å². The van der Waals surface area contributed by atoms with Gasteiger partial charge in [-0.15, -0.1) is 11.3 Å². The fraction of sp³-hybridized carbons (Fsp3) is 0.320. The summed E-state index contributed by atoms with van der Waals surface area (Å²) in [6, 6.07) is 9.01. The van der Waals surface area contributed by atoms with Gasteiger partial charge in [0.05, 0.1) is 18.8 Å². The van der Waals surface area contributed by atoms with Crippen LogP contribution >= 0.6 is 11.3 Å². The fourth-order valence-electron chi connectivity index (χ4n) is 3.90. The maximum atomic E-state index is 14.0. The number of nitrogens with one attached hydrogen (secondary N) is 2. The highest BCUT2D eigenvalue weighted by atomic mass is 32.1. The molecule has 7 nitrogen and oxygen atoms in total. The number of hydrogen-bond acceptors (Lipinski definition) is 6. The lowest BCUT2D eigenvalue weighted by molar-refractivity contribution is -0.120. The van der Waals surface area contributed by atoms with Crippen LogP contribution < -0.4 is 10.6 Å². The van der Waals surface area contributed by atoms with Gasteiger partial charge >= 0.3 is 0 Å². The number of piperazine rings is 1. The van der Waals surface area contributed by atoms with E-state index in [2.05, 4.69) is 20.5 Å². The Morgan fingerprint density at radius 1 is 0.971 bits per heavy atom. The van der Waals surface area contributed by atoms with E-state index in [0.29, 0.717) is 37.9 Å². The van der Waals surface area contributed by atoms with Crippen LogP contribution in [-0.2, 0) is 9.59 Å². The summed E-state index contributed by atoms with van der Waals surface area (Å²) in [5.74, 6) is -1.41. The van der Waals surface area contributed by atoms with Crippen molar-refractivity contribution in [1.29, 1.82) is 0 Å². The summed E-state index contributed by atoms with van der Waals surface area (Å²) in [4.78, 5) is 33.2. The Bertz CT molecular complexity index is 1220. The average Bonchev–Trinajstić information content (AvgIpc) is 3.28. The van der Waals surface area contributed by atoms with Gasteiger partial charge in [0, 0.05) is 42.8 Å². The summed E-state index contributed by atoms with van der Waals surface area (Å²) < 4.78 is 27.4. The van der Waals surface area contributed by atoms with E-state index in [1.807, 2.05) is 36.9 Å². The van der Waals surface area contributed by atoms with Gasteiger partial charge < -0.3 is 10.6 Å². The minimum absolute atomic E-state index is 0.0551. The Morgan fingerprint density at radius 3 is 2.31 bits per heavy atom. The van der Waals surface area contributed by atoms with Crippen molar-refractivity contribution in [1.82, 2.24) is 14.8 Å². The second-order valence-electron chi connectivity index (χ2n) is 8.56. The van der Waals surface area contributed by atoms with Crippen molar-refractivity contribution in [2.75, 3.05) is 49.9 Å². The maximum Gasteiger partial charge on any atom is 0.240 e. The van der Waals surface area contributed by atoms with Crippen LogP contribution in [0.2, 0.25) is 0 Å². The second kappa shape index (κ2) is 11.0. The Balaban J connectivity index is 1.22. The van der Waals surface area contributed by atoms with E-state index >= 15 is 0 Å². The quantitative estimate of drug-likeness (QED) is 0.516. The summed E-state index contributed by atoms with van der Waals surface area (Å²) in [5, 5.41) is 7.62. The summed E-state index contributed by atoms with van der Waals surface area (Å²) in [5.41, 5.74) is 3.35. The van der Waals surface area contributed by atoms with Crippen LogP contribution in [0.1, 0.15) is 11.1 Å². The standard InChI is InChI=1S/C25H27F2N5O2S/c1-16-4-3-5-21(17(16)2)28-23(33)13-31-8-10-32(11-9-31)14-24(34)30-25-29-22(15-35-25)19-12-18(26)6-7-20(19)27/h3-7,12,15H,8-11,13-14H2,1-2H3,(H,28,33)(H,29,30,34). The van der Waals surface area contributed by atoms with Gasteiger partial charge in [-0.3, -0.25) is 19.4 Å². The van der Waals surface area contributed by atoms with Gasteiger partial charge in [0.2, 0.25) is 11.8 Å². The van der Waals surface area contributed by atoms with Crippen molar-refractivity contribution in [2.24, 2.45) is 0 Å². The second-order valence-corrected chi connectivity index (χ2v) is 9.42. The SMILES string of the molecule is Cc1cccc(NC(=O)CN2CCN(CC(=O)Nc3nc(-c4cc(F)ccc4F)cs3)CC2)c1C. The molecular formula is C25H27F2N5O2S. The molecule has 0 bridgehead atoms. The molecule has 0 atom stereocenters. The summed E-state index contributed by atoms with van der Waals surface area (Å²) in [6.45, 7) is 7.14. The molecule has 184 valence electrons. The third-order valence-electron chi connectivity index (χ3n) is 6.03. The summed E-state index contributed by atoms with van der Waals surface area (Å²) in [7, 11) is 0. The molecule has 0 radical (unpaired) electrons. The number of thiazole rings is 1. The van der Waals surface area contributed by atoms with Crippen molar-refractivity contribution in [2.45, 2.75) is 13.8 Å². The smallest absolute Gasteiger partial charge is 0.240 e. The molecule has 0 aliphatic carbocycles. The molecule has 2 aromatic carbocycles. The first kappa shape index (κ1) is 24.9. The zero-order valence-corrected chi connectivity index (χ0v) is 20.4. The molecule has 35 heavy (non-hydrogen) atoms. The van der Waals surface area contributed by atoms with E-state index in [4.69, 9.17) is 0 Å². The molecule has 1 fully saturated rings. The van der Waals surface area contributed by atoms with Crippen LogP contribution in [0.25, 0.3) is 11.3 Å². The number of aromatic nitrogens is 1. The molecule has 1 aromatic heterocycles. The van der Waals surface area contributed by atoms with Gasteiger partial charge in [0.1, 0.15) is 11.6 Å². The monoisotopic (exact) mass is 499 g/mol. The van der Waals surface area contributed by atoms with Crippen LogP contribution in [0.5, 0.6) is 0 Å². The highest BCUT2D eigenvalue weighted by Gasteiger charge is 2.21. The number of carbonyl (C=O) groups is 2. The Hall–Kier alpha value is -3.21. The molecular weight excluding hydrogens is 472 g/mol. The fourth-order valence-corrected chi connectivity index (χ4v) is 4.62. The third kappa shape index (κ3) is 6.47. The van der Waals surface area contributed by atoms with Crippen LogP contribution in [0.3, 0.4) is 0 Å². The normalized spacial score (nSPS) is 14.6. The molecule has 1 aliphatic heterocycles. The number of nitrogens with zero attached hydrogens (tertiary/aromatic N) is 3. The van der Waals surface area contributed by atoms with E-state index < -0.39 is 11.6 Å². The van der Waals surface area contributed by atoms with Crippen molar-refractivity contribution in [3.63, 3.8) is 0 Å². The van der Waals surface area contributed by atoms with Crippen LogP contribution in [0, 0.1) is 25.5 Å². The molecule has 2 N–H and O–H groups in total. The molecule has 10 heteroatoms. The highest BCUT2D eigenvalue weighted by molar-refractivity contribution is 7.14. The zero-order chi connectivity index (χ0) is 24.9. The predicted octanol–water partition coefficient (Wildman–Crippen LogP) is 3.90. The van der Waals surface area contributed by atoms with Crippen molar-refractivity contribution >= 4 is 34.0 Å². The number of carbonyl (C=O) groups excluding carboxylic acids is 2. The first-order valence-corrected chi connectivity index (χ1v) is 12.2. The van der Waals surface area contributed by atoms with Gasteiger partial charge in [-0.2, -0.15) is 0 Å². The van der Waals surface area contributed by atoms with Crippen LogP contribution in [0.15, 0.2) is 41.8 Å². The molecule has 2 heterocycles. The number of anilines is 2. The van der Waals surface area contributed by atoms with Crippen LogP contribution in [-0.4, -0.2) is 65.9 Å². The number of halogens is 2. The summed E-state index contributed by atoms with van der Waals surface area (Å²) in [6.07, 6.45) is 0. The van der Waals surface area contributed by atoms with Gasteiger partial charge in [-0.25, -0.2) is 13.8 Å². The average molecular weight is 500 g/mol. The Labute approximate surface area is 206 Å². The number of aryl methyl sites for hydroxylation is 1. The lowest BCUT2D eigenvalue weighted by atomic mass is 10.1. The van der Waals surface area contributed by atoms with E-state index in [-0.39, 0.29) is 29.6 Å². The van der Waals surface area contributed by atoms with Gasteiger partial charge in [-0.1, -0.05) is 12.1 Å². The molecule has 1 saturated heterocycles. The Morgan fingerprint density at radius 2 is 1.63 bits per heavy atom.